The van der Waals surface area contributed by atoms with E-state index in [-0.39, 0.29) is 11.3 Å². The van der Waals surface area contributed by atoms with Crippen LogP contribution in [0.2, 0.25) is 0 Å². The molecule has 7 nitrogen and oxygen atoms in total. The van der Waals surface area contributed by atoms with Gasteiger partial charge in [0.25, 0.3) is 5.91 Å². The molecule has 128 valence electrons. The van der Waals surface area contributed by atoms with Crippen LogP contribution in [0.1, 0.15) is 17.2 Å². The van der Waals surface area contributed by atoms with Crippen molar-refractivity contribution in [1.82, 2.24) is 21.3 Å². The van der Waals surface area contributed by atoms with E-state index >= 15 is 0 Å². The number of amides is 1. The Labute approximate surface area is 135 Å². The Bertz CT molecular complexity index is 665. The fourth-order valence-electron chi connectivity index (χ4n) is 1.99. The van der Waals surface area contributed by atoms with E-state index in [9.17, 15) is 18.0 Å². The second-order valence-corrected chi connectivity index (χ2v) is 4.92. The average molecular weight is 340 g/mol. The lowest BCUT2D eigenvalue weighted by molar-refractivity contribution is -0.137. The van der Waals surface area contributed by atoms with Gasteiger partial charge in [0, 0.05) is 19.3 Å². The zero-order valence-corrected chi connectivity index (χ0v) is 12.4. The minimum atomic E-state index is -4.46. The minimum absolute atomic E-state index is 0.163. The summed E-state index contributed by atoms with van der Waals surface area (Å²) in [6.07, 6.45) is -2.98. The largest absolute Gasteiger partial charge is 0.416 e. The first-order valence-corrected chi connectivity index (χ1v) is 6.93. The molecular weight excluding hydrogens is 325 g/mol. The van der Waals surface area contributed by atoms with E-state index < -0.39 is 23.7 Å². The molecule has 1 aliphatic rings. The van der Waals surface area contributed by atoms with E-state index in [2.05, 4.69) is 16.3 Å². The van der Waals surface area contributed by atoms with Crippen LogP contribution in [0.5, 0.6) is 0 Å². The van der Waals surface area contributed by atoms with Gasteiger partial charge in [-0.15, -0.1) is 5.53 Å². The highest BCUT2D eigenvalue weighted by molar-refractivity contribution is 5.93. The molecule has 0 aliphatic carbocycles. The molecule has 1 atom stereocenters. The van der Waals surface area contributed by atoms with Crippen LogP contribution >= 0.6 is 0 Å². The van der Waals surface area contributed by atoms with Gasteiger partial charge in [-0.25, -0.2) is 0 Å². The number of nitrogens with one attached hydrogen (secondary N) is 3. The average Bonchev–Trinajstić information content (AvgIpc) is 3.01. The first kappa shape index (κ1) is 17.6. The predicted molar refractivity (Wildman–Crippen MR) is 78.1 cm³/mol. The number of nitrogens with zero attached hydrogens (tertiary/aromatic N) is 2. The highest BCUT2D eigenvalue weighted by Crippen LogP contribution is 2.29. The molecule has 1 aromatic carbocycles. The zero-order chi connectivity index (χ0) is 17.7. The summed E-state index contributed by atoms with van der Waals surface area (Å²) in [5, 5.41) is 13.2. The fourth-order valence-corrected chi connectivity index (χ4v) is 1.99. The Morgan fingerprint density at radius 2 is 2.04 bits per heavy atom. The van der Waals surface area contributed by atoms with Crippen molar-refractivity contribution < 1.29 is 18.0 Å². The molecule has 2 rings (SSSR count). The molecule has 0 saturated heterocycles. The number of carbonyl (C=O) groups excluding carboxylic acids is 1. The van der Waals surface area contributed by atoms with Gasteiger partial charge in [-0.05, 0) is 17.7 Å². The van der Waals surface area contributed by atoms with Crippen molar-refractivity contribution in [1.29, 1.82) is 5.26 Å². The number of rotatable bonds is 5. The monoisotopic (exact) mass is 340 g/mol. The first-order valence-electron chi connectivity index (χ1n) is 6.93. The third-order valence-electron chi connectivity index (χ3n) is 3.21. The number of benzene rings is 1. The van der Waals surface area contributed by atoms with Gasteiger partial charge < -0.3 is 11.1 Å². The summed E-state index contributed by atoms with van der Waals surface area (Å²) in [6, 6.07) is 4.81. The molecule has 1 amide bonds. The molecule has 1 heterocycles. The number of nitrogens with two attached hydrogens (primary N) is 1. The molecule has 0 fully saturated rings. The number of hydrazine groups is 2. The topological polar surface area (TPSA) is 106 Å². The summed E-state index contributed by atoms with van der Waals surface area (Å²) in [5.41, 5.74) is 10.3. The molecule has 1 aromatic rings. The predicted octanol–water partition coefficient (Wildman–Crippen LogP) is 0.511. The maximum atomic E-state index is 12.5. The van der Waals surface area contributed by atoms with Crippen LogP contribution in [0.25, 0.3) is 0 Å². The summed E-state index contributed by atoms with van der Waals surface area (Å²) in [4.78, 5) is 12.1. The highest BCUT2D eigenvalue weighted by Gasteiger charge is 2.30. The van der Waals surface area contributed by atoms with Gasteiger partial charge in [0.05, 0.1) is 11.6 Å². The smallest absolute Gasteiger partial charge is 0.331 e. The van der Waals surface area contributed by atoms with Crippen molar-refractivity contribution >= 4 is 5.91 Å². The number of hydrogen-bond acceptors (Lipinski definition) is 6. The fraction of sp³-hybridized carbons (Fsp3) is 0.286. The molecule has 0 radical (unpaired) electrons. The zero-order valence-electron chi connectivity index (χ0n) is 12.4. The number of alkyl halides is 3. The maximum absolute atomic E-state index is 12.5. The van der Waals surface area contributed by atoms with Gasteiger partial charge in [-0.3, -0.25) is 15.2 Å². The lowest BCUT2D eigenvalue weighted by Gasteiger charge is -2.14. The van der Waals surface area contributed by atoms with Crippen molar-refractivity contribution in [2.24, 2.45) is 5.73 Å². The van der Waals surface area contributed by atoms with Gasteiger partial charge in [0.15, 0.2) is 0 Å². The molecule has 0 bridgehead atoms. The lowest BCUT2D eigenvalue weighted by Crippen LogP contribution is -2.41. The molecule has 24 heavy (non-hydrogen) atoms. The minimum Gasteiger partial charge on any atom is -0.331 e. The van der Waals surface area contributed by atoms with E-state index in [1.165, 1.54) is 6.20 Å². The summed E-state index contributed by atoms with van der Waals surface area (Å²) in [7, 11) is 0. The third kappa shape index (κ3) is 4.15. The normalized spacial score (nSPS) is 15.3. The highest BCUT2D eigenvalue weighted by atomic mass is 19.4. The van der Waals surface area contributed by atoms with Crippen LogP contribution in [-0.4, -0.2) is 24.0 Å². The van der Waals surface area contributed by atoms with Gasteiger partial charge in [0.1, 0.15) is 11.7 Å². The molecule has 0 aromatic heterocycles. The summed E-state index contributed by atoms with van der Waals surface area (Å²) >= 11 is 0. The molecule has 0 spiro atoms. The van der Waals surface area contributed by atoms with E-state index in [1.807, 2.05) is 6.07 Å². The van der Waals surface area contributed by atoms with Crippen LogP contribution in [0.15, 0.2) is 36.2 Å². The van der Waals surface area contributed by atoms with E-state index in [1.54, 1.807) is 5.01 Å². The van der Waals surface area contributed by atoms with Crippen molar-refractivity contribution in [3.63, 3.8) is 0 Å². The molecule has 5 N–H and O–H groups in total. The second-order valence-electron chi connectivity index (χ2n) is 4.92. The Morgan fingerprint density at radius 3 is 2.58 bits per heavy atom. The van der Waals surface area contributed by atoms with Crippen LogP contribution < -0.4 is 22.0 Å². The van der Waals surface area contributed by atoms with Crippen molar-refractivity contribution in [3.8, 4) is 6.07 Å². The number of nitriles is 1. The number of carbonyl (C=O) groups is 1. The summed E-state index contributed by atoms with van der Waals surface area (Å²) < 4.78 is 37.6. The maximum Gasteiger partial charge on any atom is 0.416 e. The summed E-state index contributed by atoms with van der Waals surface area (Å²) in [5.74, 6) is -0.575. The van der Waals surface area contributed by atoms with Crippen molar-refractivity contribution in [2.45, 2.75) is 12.2 Å². The van der Waals surface area contributed by atoms with E-state index in [4.69, 9.17) is 11.0 Å². The number of hydrogen-bond donors (Lipinski definition) is 4. The Morgan fingerprint density at radius 1 is 1.38 bits per heavy atom. The lowest BCUT2D eigenvalue weighted by atomic mass is 10.1. The first-order chi connectivity index (χ1) is 11.3. The molecule has 0 saturated carbocycles. The Balaban J connectivity index is 2.06. The SMILES string of the molecule is N#CC(NC(=O)C1=CN(CCN)NN1)c1ccc(C(F)(F)F)cc1. The van der Waals surface area contributed by atoms with E-state index in [0.29, 0.717) is 13.1 Å². The number of halogens is 3. The van der Waals surface area contributed by atoms with Gasteiger partial charge in [-0.2, -0.15) is 18.4 Å². The van der Waals surface area contributed by atoms with E-state index in [0.717, 1.165) is 24.3 Å². The molecular formula is C14H15F3N6O. The van der Waals surface area contributed by atoms with Crippen LogP contribution in [0.3, 0.4) is 0 Å². The molecule has 1 unspecified atom stereocenters. The van der Waals surface area contributed by atoms with Crippen LogP contribution in [0, 0.1) is 11.3 Å². The van der Waals surface area contributed by atoms with Gasteiger partial charge >= 0.3 is 6.18 Å². The summed E-state index contributed by atoms with van der Waals surface area (Å²) in [6.45, 7) is 0.830. The quantitative estimate of drug-likeness (QED) is 0.622. The Hall–Kier alpha value is -2.77. The van der Waals surface area contributed by atoms with Crippen LogP contribution in [-0.2, 0) is 11.0 Å². The molecule has 10 heteroatoms. The van der Waals surface area contributed by atoms with Crippen molar-refractivity contribution in [3.05, 3.63) is 47.3 Å². The van der Waals surface area contributed by atoms with Gasteiger partial charge in [0.2, 0.25) is 0 Å². The molecule has 1 aliphatic heterocycles. The van der Waals surface area contributed by atoms with Crippen molar-refractivity contribution in [2.75, 3.05) is 13.1 Å². The second kappa shape index (κ2) is 7.20. The van der Waals surface area contributed by atoms with Crippen LogP contribution in [0.4, 0.5) is 13.2 Å². The third-order valence-corrected chi connectivity index (χ3v) is 3.21. The Kier molecular flexibility index (Phi) is 5.28. The standard InChI is InChI=1S/C14H15F3N6O/c15-14(16,17)10-3-1-9(2-4-10)11(7-19)20-13(24)12-8-23(6-5-18)22-21-12/h1-4,8,11,21-22H,5-6,18H2,(H,20,24). The van der Waals surface area contributed by atoms with Gasteiger partial charge in [-0.1, -0.05) is 12.1 Å².